The van der Waals surface area contributed by atoms with Crippen LogP contribution >= 0.6 is 11.3 Å². The lowest BCUT2D eigenvalue weighted by Gasteiger charge is -2.10. The number of pyridine rings is 2. The van der Waals surface area contributed by atoms with E-state index in [0.29, 0.717) is 30.3 Å². The predicted octanol–water partition coefficient (Wildman–Crippen LogP) is 4.64. The zero-order valence-electron chi connectivity index (χ0n) is 15.8. The molecule has 3 aromatic heterocycles. The van der Waals surface area contributed by atoms with E-state index in [1.54, 1.807) is 36.8 Å². The largest absolute Gasteiger partial charge is 0.475 e. The topological polar surface area (TPSA) is 73.3 Å². The van der Waals surface area contributed by atoms with E-state index in [9.17, 15) is 4.79 Å². The molecule has 0 fully saturated rings. The van der Waals surface area contributed by atoms with Gasteiger partial charge in [-0.05, 0) is 29.6 Å². The van der Waals surface area contributed by atoms with Crippen LogP contribution in [-0.2, 0) is 4.74 Å². The lowest BCUT2D eigenvalue weighted by molar-refractivity contribution is 0.102. The smallest absolute Gasteiger partial charge is 0.256 e. The molecule has 1 N–H and O–H groups in total. The Morgan fingerprint density at radius 3 is 2.76 bits per heavy atom. The molecule has 4 aromatic rings. The van der Waals surface area contributed by atoms with Crippen LogP contribution in [0.4, 0.5) is 5.69 Å². The normalized spacial score (nSPS) is 10.8. The molecule has 3 heterocycles. The number of nitrogens with one attached hydrogen (secondary N) is 1. The van der Waals surface area contributed by atoms with Crippen molar-refractivity contribution in [1.82, 2.24) is 9.97 Å². The molecule has 0 aliphatic heterocycles. The Hall–Kier alpha value is -3.29. The van der Waals surface area contributed by atoms with E-state index in [1.165, 1.54) is 0 Å². The number of para-hydroxylation sites is 1. The van der Waals surface area contributed by atoms with Crippen LogP contribution in [0.15, 0.2) is 66.2 Å². The van der Waals surface area contributed by atoms with Gasteiger partial charge in [0.1, 0.15) is 6.61 Å². The van der Waals surface area contributed by atoms with Crippen molar-refractivity contribution in [2.45, 2.75) is 0 Å². The van der Waals surface area contributed by atoms with Crippen LogP contribution in [0, 0.1) is 0 Å². The molecule has 0 aliphatic rings. The zero-order chi connectivity index (χ0) is 20.1. The molecular formula is C22H19N3O3S. The summed E-state index contributed by atoms with van der Waals surface area (Å²) in [7, 11) is 1.61. The van der Waals surface area contributed by atoms with Crippen molar-refractivity contribution in [3.8, 4) is 16.5 Å². The molecule has 0 spiro atoms. The SMILES string of the molecule is COCCOc1ccc(NC(=O)c2cc(-c3cccs3)nc3ccccc23)cn1. The predicted molar refractivity (Wildman–Crippen MR) is 115 cm³/mol. The number of amides is 1. The zero-order valence-corrected chi connectivity index (χ0v) is 16.6. The van der Waals surface area contributed by atoms with E-state index < -0.39 is 0 Å². The Labute approximate surface area is 172 Å². The summed E-state index contributed by atoms with van der Waals surface area (Å²) < 4.78 is 10.4. The average Bonchev–Trinajstić information content (AvgIpc) is 3.29. The first-order chi connectivity index (χ1) is 14.2. The van der Waals surface area contributed by atoms with Gasteiger partial charge in [0.05, 0.1) is 40.1 Å². The summed E-state index contributed by atoms with van der Waals surface area (Å²) in [5.41, 5.74) is 2.72. The lowest BCUT2D eigenvalue weighted by atomic mass is 10.1. The van der Waals surface area contributed by atoms with Gasteiger partial charge in [-0.1, -0.05) is 24.3 Å². The summed E-state index contributed by atoms with van der Waals surface area (Å²) in [5, 5.41) is 5.71. The number of hydrogen-bond acceptors (Lipinski definition) is 6. The minimum atomic E-state index is -0.212. The van der Waals surface area contributed by atoms with Gasteiger partial charge in [0, 0.05) is 18.6 Å². The van der Waals surface area contributed by atoms with Crippen LogP contribution in [0.2, 0.25) is 0 Å². The molecule has 1 aromatic carbocycles. The standard InChI is InChI=1S/C22H19N3O3S/c1-27-10-11-28-21-9-8-15(14-23-21)24-22(26)17-13-19(20-7-4-12-29-20)25-18-6-3-2-5-16(17)18/h2-9,12-14H,10-11H2,1H3,(H,24,26). The number of thiophene rings is 1. The Bertz CT molecular complexity index is 1110. The molecule has 4 rings (SSSR count). The summed E-state index contributed by atoms with van der Waals surface area (Å²) in [6.45, 7) is 0.908. The number of ether oxygens (including phenoxy) is 2. The van der Waals surface area contributed by atoms with Gasteiger partial charge in [-0.15, -0.1) is 11.3 Å². The Kier molecular flexibility index (Phi) is 5.79. The van der Waals surface area contributed by atoms with Gasteiger partial charge in [0.25, 0.3) is 5.91 Å². The molecule has 7 heteroatoms. The molecule has 0 unspecified atom stereocenters. The highest BCUT2D eigenvalue weighted by molar-refractivity contribution is 7.13. The highest BCUT2D eigenvalue weighted by atomic mass is 32.1. The molecule has 0 atom stereocenters. The fourth-order valence-electron chi connectivity index (χ4n) is 2.88. The van der Waals surface area contributed by atoms with E-state index in [4.69, 9.17) is 14.5 Å². The number of nitrogens with zero attached hydrogens (tertiary/aromatic N) is 2. The number of benzene rings is 1. The van der Waals surface area contributed by atoms with Crippen molar-refractivity contribution in [3.63, 3.8) is 0 Å². The Morgan fingerprint density at radius 1 is 1.10 bits per heavy atom. The Morgan fingerprint density at radius 2 is 2.00 bits per heavy atom. The molecule has 0 saturated carbocycles. The molecule has 6 nitrogen and oxygen atoms in total. The minimum absolute atomic E-state index is 0.212. The first-order valence-electron chi connectivity index (χ1n) is 9.07. The number of hydrogen-bond donors (Lipinski definition) is 1. The van der Waals surface area contributed by atoms with Crippen molar-refractivity contribution < 1.29 is 14.3 Å². The van der Waals surface area contributed by atoms with Gasteiger partial charge in [-0.25, -0.2) is 9.97 Å². The fraction of sp³-hybridized carbons (Fsp3) is 0.136. The fourth-order valence-corrected chi connectivity index (χ4v) is 3.57. The van der Waals surface area contributed by atoms with E-state index >= 15 is 0 Å². The summed E-state index contributed by atoms with van der Waals surface area (Å²) >= 11 is 1.59. The van der Waals surface area contributed by atoms with E-state index in [-0.39, 0.29) is 5.91 Å². The molecule has 0 aliphatic carbocycles. The maximum atomic E-state index is 13.0. The van der Waals surface area contributed by atoms with Gasteiger partial charge < -0.3 is 14.8 Å². The van der Waals surface area contributed by atoms with Crippen molar-refractivity contribution >= 4 is 33.8 Å². The lowest BCUT2D eigenvalue weighted by Crippen LogP contribution is -2.13. The number of anilines is 1. The molecule has 29 heavy (non-hydrogen) atoms. The molecule has 1 amide bonds. The van der Waals surface area contributed by atoms with Crippen LogP contribution in [0.25, 0.3) is 21.5 Å². The highest BCUT2D eigenvalue weighted by Crippen LogP contribution is 2.28. The third kappa shape index (κ3) is 4.42. The second-order valence-electron chi connectivity index (χ2n) is 6.23. The number of carbonyl (C=O) groups is 1. The van der Waals surface area contributed by atoms with E-state index in [2.05, 4.69) is 10.3 Å². The van der Waals surface area contributed by atoms with Gasteiger partial charge >= 0.3 is 0 Å². The summed E-state index contributed by atoms with van der Waals surface area (Å²) in [6, 6.07) is 16.9. The molecule has 0 bridgehead atoms. The van der Waals surface area contributed by atoms with Crippen molar-refractivity contribution in [2.75, 3.05) is 25.6 Å². The number of fused-ring (bicyclic) bond motifs is 1. The van der Waals surface area contributed by atoms with Crippen LogP contribution < -0.4 is 10.1 Å². The van der Waals surface area contributed by atoms with Crippen LogP contribution in [0.1, 0.15) is 10.4 Å². The van der Waals surface area contributed by atoms with Gasteiger partial charge in [0.2, 0.25) is 5.88 Å². The van der Waals surface area contributed by atoms with Crippen molar-refractivity contribution in [2.24, 2.45) is 0 Å². The van der Waals surface area contributed by atoms with Crippen molar-refractivity contribution in [1.29, 1.82) is 0 Å². The molecule has 0 radical (unpaired) electrons. The van der Waals surface area contributed by atoms with Gasteiger partial charge in [0.15, 0.2) is 0 Å². The van der Waals surface area contributed by atoms with E-state index in [0.717, 1.165) is 21.5 Å². The maximum Gasteiger partial charge on any atom is 0.256 e. The highest BCUT2D eigenvalue weighted by Gasteiger charge is 2.15. The summed E-state index contributed by atoms with van der Waals surface area (Å²) in [5.74, 6) is 0.269. The summed E-state index contributed by atoms with van der Waals surface area (Å²) in [6.07, 6.45) is 1.57. The van der Waals surface area contributed by atoms with Gasteiger partial charge in [-0.3, -0.25) is 4.79 Å². The monoisotopic (exact) mass is 405 g/mol. The molecule has 146 valence electrons. The minimum Gasteiger partial charge on any atom is -0.475 e. The maximum absolute atomic E-state index is 13.0. The molecular weight excluding hydrogens is 386 g/mol. The van der Waals surface area contributed by atoms with Gasteiger partial charge in [-0.2, -0.15) is 0 Å². The average molecular weight is 405 g/mol. The third-order valence-corrected chi connectivity index (χ3v) is 5.16. The van der Waals surface area contributed by atoms with Crippen LogP contribution in [0.3, 0.4) is 0 Å². The molecule has 0 saturated heterocycles. The number of rotatable bonds is 7. The quantitative estimate of drug-likeness (QED) is 0.454. The first-order valence-corrected chi connectivity index (χ1v) is 9.95. The number of carbonyl (C=O) groups excluding carboxylic acids is 1. The van der Waals surface area contributed by atoms with Crippen LogP contribution in [-0.4, -0.2) is 36.2 Å². The van der Waals surface area contributed by atoms with Crippen LogP contribution in [0.5, 0.6) is 5.88 Å². The Balaban J connectivity index is 1.59. The number of methoxy groups -OCH3 is 1. The first kappa shape index (κ1) is 19.0. The second kappa shape index (κ2) is 8.81. The van der Waals surface area contributed by atoms with E-state index in [1.807, 2.05) is 47.8 Å². The van der Waals surface area contributed by atoms with Crippen molar-refractivity contribution in [3.05, 3.63) is 71.7 Å². The third-order valence-electron chi connectivity index (χ3n) is 4.27. The second-order valence-corrected chi connectivity index (χ2v) is 7.18. The number of aromatic nitrogens is 2. The summed E-state index contributed by atoms with van der Waals surface area (Å²) in [4.78, 5) is 23.0.